The lowest BCUT2D eigenvalue weighted by molar-refractivity contribution is -0.137. The predicted molar refractivity (Wildman–Crippen MR) is 81.2 cm³/mol. The minimum atomic E-state index is -4.27. The van der Waals surface area contributed by atoms with E-state index in [2.05, 4.69) is 33.0 Å². The molecule has 0 radical (unpaired) electrons. The molecule has 0 saturated carbocycles. The molecule has 0 saturated heterocycles. The second-order valence-electron chi connectivity index (χ2n) is 6.73. The fraction of sp³-hybridized carbons (Fsp3) is 0.647. The minimum absolute atomic E-state index is 0.117. The van der Waals surface area contributed by atoms with E-state index < -0.39 is 11.7 Å². The lowest BCUT2D eigenvalue weighted by atomic mass is 9.87. The smallest absolute Gasteiger partial charge is 0.310 e. The molecule has 1 N–H and O–H groups in total. The molecule has 0 spiro atoms. The predicted octanol–water partition coefficient (Wildman–Crippen LogP) is 5.57. The van der Waals surface area contributed by atoms with E-state index in [1.807, 2.05) is 0 Å². The van der Waals surface area contributed by atoms with Crippen molar-refractivity contribution >= 4 is 0 Å². The van der Waals surface area contributed by atoms with Crippen LogP contribution in [0, 0.1) is 5.41 Å². The summed E-state index contributed by atoms with van der Waals surface area (Å²) in [4.78, 5) is 0. The second kappa shape index (κ2) is 7.30. The Kier molecular flexibility index (Phi) is 6.26. The molecular weight excluding hydrogens is 275 g/mol. The Labute approximate surface area is 125 Å². The van der Waals surface area contributed by atoms with E-state index in [1.54, 1.807) is 12.1 Å². The zero-order valence-electron chi connectivity index (χ0n) is 13.3. The van der Waals surface area contributed by atoms with Gasteiger partial charge < -0.3 is 5.32 Å². The van der Waals surface area contributed by atoms with Crippen LogP contribution in [-0.4, -0.2) is 6.54 Å². The van der Waals surface area contributed by atoms with Gasteiger partial charge in [-0.15, -0.1) is 0 Å². The lowest BCUT2D eigenvalue weighted by Crippen LogP contribution is -2.23. The molecule has 1 aromatic carbocycles. The maximum absolute atomic E-state index is 12.6. The molecule has 0 aliphatic rings. The van der Waals surface area contributed by atoms with Crippen LogP contribution in [0.15, 0.2) is 24.3 Å². The Morgan fingerprint density at radius 2 is 1.62 bits per heavy atom. The molecule has 0 aromatic heterocycles. The van der Waals surface area contributed by atoms with Crippen molar-refractivity contribution < 1.29 is 13.2 Å². The summed E-state index contributed by atoms with van der Waals surface area (Å²) in [5.41, 5.74) is 0.565. The topological polar surface area (TPSA) is 12.0 Å². The van der Waals surface area contributed by atoms with Crippen LogP contribution in [0.5, 0.6) is 0 Å². The summed E-state index contributed by atoms with van der Waals surface area (Å²) < 4.78 is 37.8. The Balaban J connectivity index is 2.82. The molecule has 120 valence electrons. The van der Waals surface area contributed by atoms with Crippen LogP contribution in [0.25, 0.3) is 0 Å². The van der Waals surface area contributed by atoms with Crippen LogP contribution in [0.2, 0.25) is 0 Å². The number of halogens is 3. The van der Waals surface area contributed by atoms with Gasteiger partial charge in [0.25, 0.3) is 0 Å². The SMILES string of the molecule is CCCNC(CCC(C)(C)C)c1ccc(C(F)(F)F)cc1. The maximum Gasteiger partial charge on any atom is 0.416 e. The average Bonchev–Trinajstić information content (AvgIpc) is 2.37. The van der Waals surface area contributed by atoms with Gasteiger partial charge in [-0.25, -0.2) is 0 Å². The summed E-state index contributed by atoms with van der Waals surface area (Å²) in [5.74, 6) is 0. The molecule has 0 heterocycles. The first kappa shape index (κ1) is 18.0. The van der Waals surface area contributed by atoms with Gasteiger partial charge in [-0.3, -0.25) is 0 Å². The summed E-state index contributed by atoms with van der Waals surface area (Å²) in [6, 6.07) is 5.66. The van der Waals surface area contributed by atoms with Crippen molar-refractivity contribution in [2.24, 2.45) is 5.41 Å². The molecular formula is C17H26F3N. The number of hydrogen-bond donors (Lipinski definition) is 1. The molecule has 0 aliphatic carbocycles. The van der Waals surface area contributed by atoms with Gasteiger partial charge in [0.05, 0.1) is 5.56 Å². The van der Waals surface area contributed by atoms with Crippen molar-refractivity contribution in [3.8, 4) is 0 Å². The van der Waals surface area contributed by atoms with Gasteiger partial charge in [0, 0.05) is 6.04 Å². The van der Waals surface area contributed by atoms with Crippen molar-refractivity contribution in [3.63, 3.8) is 0 Å². The minimum Gasteiger partial charge on any atom is -0.310 e. The van der Waals surface area contributed by atoms with Gasteiger partial charge in [0.15, 0.2) is 0 Å². The van der Waals surface area contributed by atoms with Crippen molar-refractivity contribution in [3.05, 3.63) is 35.4 Å². The first-order chi connectivity index (χ1) is 9.63. The zero-order valence-corrected chi connectivity index (χ0v) is 13.3. The van der Waals surface area contributed by atoms with Gasteiger partial charge in [0.2, 0.25) is 0 Å². The fourth-order valence-corrected chi connectivity index (χ4v) is 2.19. The molecule has 0 bridgehead atoms. The number of rotatable bonds is 6. The number of nitrogens with one attached hydrogen (secondary N) is 1. The standard InChI is InChI=1S/C17H26F3N/c1-5-12-21-15(10-11-16(2,3)4)13-6-8-14(9-7-13)17(18,19)20/h6-9,15,21H,5,10-12H2,1-4H3. The van der Waals surface area contributed by atoms with Crippen LogP contribution in [0.4, 0.5) is 13.2 Å². The third kappa shape index (κ3) is 6.51. The van der Waals surface area contributed by atoms with Gasteiger partial charge in [-0.2, -0.15) is 13.2 Å². The first-order valence-corrected chi connectivity index (χ1v) is 7.54. The van der Waals surface area contributed by atoms with E-state index in [0.717, 1.165) is 31.4 Å². The average molecular weight is 301 g/mol. The van der Waals surface area contributed by atoms with Gasteiger partial charge in [-0.1, -0.05) is 39.8 Å². The van der Waals surface area contributed by atoms with Crippen LogP contribution >= 0.6 is 0 Å². The molecule has 1 aromatic rings. The van der Waals surface area contributed by atoms with E-state index in [1.165, 1.54) is 12.1 Å². The van der Waals surface area contributed by atoms with Crippen molar-refractivity contribution in [1.29, 1.82) is 0 Å². The third-order valence-electron chi connectivity index (χ3n) is 3.46. The number of alkyl halides is 3. The Morgan fingerprint density at radius 1 is 1.05 bits per heavy atom. The molecule has 1 atom stereocenters. The maximum atomic E-state index is 12.6. The van der Waals surface area contributed by atoms with Crippen molar-refractivity contribution in [1.82, 2.24) is 5.32 Å². The molecule has 0 amide bonds. The number of hydrogen-bond acceptors (Lipinski definition) is 1. The summed E-state index contributed by atoms with van der Waals surface area (Å²) in [7, 11) is 0. The highest BCUT2D eigenvalue weighted by Crippen LogP contribution is 2.32. The summed E-state index contributed by atoms with van der Waals surface area (Å²) in [5, 5.41) is 3.44. The van der Waals surface area contributed by atoms with E-state index in [9.17, 15) is 13.2 Å². The summed E-state index contributed by atoms with van der Waals surface area (Å²) in [6.07, 6.45) is -1.31. The monoisotopic (exact) mass is 301 g/mol. The first-order valence-electron chi connectivity index (χ1n) is 7.54. The molecule has 0 aliphatic heterocycles. The van der Waals surface area contributed by atoms with Gasteiger partial charge >= 0.3 is 6.18 Å². The van der Waals surface area contributed by atoms with Gasteiger partial charge in [-0.05, 0) is 48.9 Å². The van der Waals surface area contributed by atoms with Crippen molar-refractivity contribution in [2.75, 3.05) is 6.54 Å². The fourth-order valence-electron chi connectivity index (χ4n) is 2.19. The second-order valence-corrected chi connectivity index (χ2v) is 6.73. The Hall–Kier alpha value is -1.03. The highest BCUT2D eigenvalue weighted by atomic mass is 19.4. The highest BCUT2D eigenvalue weighted by molar-refractivity contribution is 5.26. The quantitative estimate of drug-likeness (QED) is 0.724. The molecule has 4 heteroatoms. The van der Waals surface area contributed by atoms with Crippen LogP contribution in [-0.2, 0) is 6.18 Å². The van der Waals surface area contributed by atoms with E-state index in [-0.39, 0.29) is 11.5 Å². The number of benzene rings is 1. The van der Waals surface area contributed by atoms with E-state index in [4.69, 9.17) is 0 Å². The summed E-state index contributed by atoms with van der Waals surface area (Å²) in [6.45, 7) is 9.49. The van der Waals surface area contributed by atoms with Crippen molar-refractivity contribution in [2.45, 2.75) is 59.2 Å². The molecule has 0 fully saturated rings. The van der Waals surface area contributed by atoms with Crippen LogP contribution < -0.4 is 5.32 Å². The third-order valence-corrected chi connectivity index (χ3v) is 3.46. The molecule has 1 nitrogen and oxygen atoms in total. The Bertz CT molecular complexity index is 415. The molecule has 21 heavy (non-hydrogen) atoms. The largest absolute Gasteiger partial charge is 0.416 e. The van der Waals surface area contributed by atoms with E-state index in [0.29, 0.717) is 0 Å². The Morgan fingerprint density at radius 3 is 2.05 bits per heavy atom. The summed E-state index contributed by atoms with van der Waals surface area (Å²) >= 11 is 0. The molecule has 1 unspecified atom stereocenters. The van der Waals surface area contributed by atoms with Crippen LogP contribution in [0.3, 0.4) is 0 Å². The van der Waals surface area contributed by atoms with Gasteiger partial charge in [0.1, 0.15) is 0 Å². The highest BCUT2D eigenvalue weighted by Gasteiger charge is 2.30. The molecule has 1 rings (SSSR count). The lowest BCUT2D eigenvalue weighted by Gasteiger charge is -2.24. The zero-order chi connectivity index (χ0) is 16.1. The van der Waals surface area contributed by atoms with Crippen LogP contribution in [0.1, 0.15) is 64.1 Å². The normalized spacial score (nSPS) is 14.2. The van der Waals surface area contributed by atoms with E-state index >= 15 is 0 Å².